The summed E-state index contributed by atoms with van der Waals surface area (Å²) in [5.74, 6) is -194. The van der Waals surface area contributed by atoms with E-state index < -0.39 is 253 Å². The first-order valence-electron chi connectivity index (χ1n) is 26.5. The molecule has 2 rings (SSSR count). The van der Waals surface area contributed by atoms with Gasteiger partial charge in [-0.05, 0) is 43.5 Å². The van der Waals surface area contributed by atoms with E-state index in [2.05, 4.69) is 23.7 Å². The number of carbonyl (C=O) groups is 2. The van der Waals surface area contributed by atoms with E-state index in [1.165, 1.54) is 7.11 Å². The highest BCUT2D eigenvalue weighted by Crippen LogP contribution is 2.69. The molecular formula is C49H31F51O10. The molecule has 110 heavy (non-hydrogen) atoms. The van der Waals surface area contributed by atoms with E-state index in [1.54, 1.807) is 0 Å². The lowest BCUT2D eigenvalue weighted by Gasteiger charge is -2.42. The molecule has 0 bridgehead atoms. The standard InChI is InChI=1S/C41H23F51O5.C8H8O5/c1-94-17(93)13-11-14(95-8-2-5-18(42,43)21(48,49)24(54,55)27(60,61)30(66,67)33(72,73)36(78,79)39(84,85)86)16(97-10-4-7-20(46,47)23(52,53)26(58,59)29(64,65)32(70,71)35(76,77)38(82,83)41(90,91)92)15(12-13)96-9-3-6-19(44,45)22(50,51)25(56,57)28(62,63)31(68,69)34(74,75)37(80,81)40(87,88)89;1-13-8(12)4-2-5(9)7(11)6(10)3-4/h11-12H,2-10H2,1H3;2-3,9-11H,1H3. The molecule has 0 heterocycles. The molecule has 0 aliphatic heterocycles. The van der Waals surface area contributed by atoms with Crippen molar-refractivity contribution in [3.05, 3.63) is 35.4 Å². The van der Waals surface area contributed by atoms with Gasteiger partial charge in [0, 0.05) is 19.3 Å². The number of phenols is 3. The lowest BCUT2D eigenvalue weighted by Crippen LogP contribution is -2.74. The van der Waals surface area contributed by atoms with E-state index in [4.69, 9.17) is 15.3 Å². The molecular weight excluding hydrogens is 1720 g/mol. The summed E-state index contributed by atoms with van der Waals surface area (Å²) in [7, 11) is 1.35. The molecule has 0 radical (unpaired) electrons. The van der Waals surface area contributed by atoms with Gasteiger partial charge in [0.25, 0.3) is 0 Å². The van der Waals surface area contributed by atoms with Gasteiger partial charge in [-0.1, -0.05) is 0 Å². The van der Waals surface area contributed by atoms with Gasteiger partial charge >= 0.3 is 155 Å². The predicted octanol–water partition coefficient (Wildman–Crippen LogP) is 20.6. The molecule has 0 amide bonds. The van der Waals surface area contributed by atoms with E-state index in [1.807, 2.05) is 0 Å². The number of hydrogen-bond acceptors (Lipinski definition) is 10. The van der Waals surface area contributed by atoms with Crippen molar-refractivity contribution in [1.82, 2.24) is 0 Å². The third kappa shape index (κ3) is 16.0. The maximum atomic E-state index is 14.7. The van der Waals surface area contributed by atoms with Crippen molar-refractivity contribution in [3.63, 3.8) is 0 Å². The van der Waals surface area contributed by atoms with Crippen molar-refractivity contribution in [2.75, 3.05) is 34.0 Å². The number of halogens is 51. The van der Waals surface area contributed by atoms with Gasteiger partial charge in [0.1, 0.15) is 0 Å². The van der Waals surface area contributed by atoms with Gasteiger partial charge in [0.2, 0.25) is 5.75 Å². The highest BCUT2D eigenvalue weighted by atomic mass is 19.5. The normalized spacial score (nSPS) is 15.3. The monoisotopic (exact) mass is 1750 g/mol. The van der Waals surface area contributed by atoms with Gasteiger partial charge in [-0.3, -0.25) is 0 Å². The molecule has 0 spiro atoms. The summed E-state index contributed by atoms with van der Waals surface area (Å²) in [4.78, 5) is 23.3. The Morgan fingerprint density at radius 1 is 0.264 bits per heavy atom. The molecule has 0 aromatic heterocycles. The summed E-state index contributed by atoms with van der Waals surface area (Å²) in [5, 5.41) is 26.9. The number of phenolic OH excluding ortho intramolecular Hbond substituents is 3. The summed E-state index contributed by atoms with van der Waals surface area (Å²) in [6.07, 6.45) is -43.1. The van der Waals surface area contributed by atoms with Crippen LogP contribution in [-0.4, -0.2) is 204 Å². The fourth-order valence-electron chi connectivity index (χ4n) is 7.49. The summed E-state index contributed by atoms with van der Waals surface area (Å²) in [6.45, 7) is -7.27. The maximum Gasteiger partial charge on any atom is 0.460 e. The molecule has 644 valence electrons. The zero-order valence-electron chi connectivity index (χ0n) is 51.1. The topological polar surface area (TPSA) is 141 Å². The second-order valence-corrected chi connectivity index (χ2v) is 21.4. The molecule has 0 atom stereocenters. The molecule has 61 heteroatoms. The van der Waals surface area contributed by atoms with Crippen molar-refractivity contribution < 1.29 is 273 Å². The van der Waals surface area contributed by atoms with Gasteiger partial charge in [0.05, 0.1) is 45.2 Å². The Kier molecular flexibility index (Phi) is 27.6. The lowest BCUT2D eigenvalue weighted by molar-refractivity contribution is -0.461. The van der Waals surface area contributed by atoms with Crippen molar-refractivity contribution in [3.8, 4) is 34.5 Å². The molecule has 0 saturated heterocycles. The van der Waals surface area contributed by atoms with E-state index in [-0.39, 0.29) is 24.8 Å². The molecule has 2 aromatic carbocycles. The first-order chi connectivity index (χ1) is 47.9. The molecule has 0 aliphatic carbocycles. The van der Waals surface area contributed by atoms with E-state index >= 15 is 0 Å². The Hall–Kier alpha value is -7.39. The van der Waals surface area contributed by atoms with Crippen LogP contribution in [-0.2, 0) is 9.47 Å². The molecule has 10 nitrogen and oxygen atoms in total. The Morgan fingerprint density at radius 3 is 0.627 bits per heavy atom. The Labute approximate surface area is 570 Å². The second kappa shape index (κ2) is 30.2. The van der Waals surface area contributed by atoms with Gasteiger partial charge in [-0.2, -0.15) is 224 Å². The van der Waals surface area contributed by atoms with Crippen molar-refractivity contribution >= 4 is 11.9 Å². The number of hydrogen-bond donors (Lipinski definition) is 3. The third-order valence-corrected chi connectivity index (χ3v) is 14.0. The quantitative estimate of drug-likeness (QED) is 0.0264. The number of ether oxygens (including phenoxy) is 5. The van der Waals surface area contributed by atoms with Crippen LogP contribution < -0.4 is 14.2 Å². The minimum Gasteiger partial charge on any atom is -0.504 e. The zero-order valence-corrected chi connectivity index (χ0v) is 51.1. The number of alkyl halides is 51. The van der Waals surface area contributed by atoms with Crippen LogP contribution in [0.2, 0.25) is 0 Å². The van der Waals surface area contributed by atoms with Crippen molar-refractivity contribution in [1.29, 1.82) is 0 Å². The maximum absolute atomic E-state index is 14.7. The number of benzene rings is 2. The predicted molar refractivity (Wildman–Crippen MR) is 247 cm³/mol. The van der Waals surface area contributed by atoms with Crippen LogP contribution >= 0.6 is 0 Å². The van der Waals surface area contributed by atoms with Crippen LogP contribution in [0.15, 0.2) is 24.3 Å². The van der Waals surface area contributed by atoms with Crippen LogP contribution in [0.1, 0.15) is 59.2 Å². The second-order valence-electron chi connectivity index (χ2n) is 21.4. The smallest absolute Gasteiger partial charge is 0.460 e. The molecule has 0 unspecified atom stereocenters. The van der Waals surface area contributed by atoms with Gasteiger partial charge in [-0.25, -0.2) is 9.59 Å². The van der Waals surface area contributed by atoms with Crippen LogP contribution in [0.25, 0.3) is 0 Å². The van der Waals surface area contributed by atoms with E-state index in [0.29, 0.717) is 0 Å². The summed E-state index contributed by atoms with van der Waals surface area (Å²) in [6, 6.07) is 1.36. The molecule has 3 N–H and O–H groups in total. The highest BCUT2D eigenvalue weighted by molar-refractivity contribution is 5.91. The molecule has 0 fully saturated rings. The Morgan fingerprint density at radius 2 is 0.436 bits per heavy atom. The van der Waals surface area contributed by atoms with Crippen LogP contribution in [0.3, 0.4) is 0 Å². The lowest BCUT2D eigenvalue weighted by atomic mass is 9.88. The van der Waals surface area contributed by atoms with Gasteiger partial charge in [-0.15, -0.1) is 0 Å². The number of aromatic hydroxyl groups is 3. The van der Waals surface area contributed by atoms with Gasteiger partial charge in [0.15, 0.2) is 28.7 Å². The van der Waals surface area contributed by atoms with Crippen molar-refractivity contribution in [2.24, 2.45) is 0 Å². The average molecular weight is 1750 g/mol. The molecule has 2 aromatic rings. The highest BCUT2D eigenvalue weighted by Gasteiger charge is 2.98. The van der Waals surface area contributed by atoms with Crippen molar-refractivity contribution in [2.45, 2.75) is 181 Å². The van der Waals surface area contributed by atoms with Crippen LogP contribution in [0.4, 0.5) is 224 Å². The number of esters is 2. The Bertz CT molecular complexity index is 3360. The zero-order chi connectivity index (χ0) is 88.5. The Balaban J connectivity index is 0.00000418. The minimum atomic E-state index is -9.25. The first kappa shape index (κ1) is 101. The average Bonchev–Trinajstić information content (AvgIpc) is 0.705. The van der Waals surface area contributed by atoms with E-state index in [0.717, 1.165) is 12.1 Å². The fourth-order valence-corrected chi connectivity index (χ4v) is 7.49. The number of carbonyl (C=O) groups excluding carboxylic acids is 2. The van der Waals surface area contributed by atoms with Crippen LogP contribution in [0.5, 0.6) is 34.5 Å². The third-order valence-electron chi connectivity index (χ3n) is 14.0. The van der Waals surface area contributed by atoms with E-state index in [9.17, 15) is 234 Å². The van der Waals surface area contributed by atoms with Gasteiger partial charge < -0.3 is 39.0 Å². The first-order valence-corrected chi connectivity index (χ1v) is 26.5. The molecule has 0 aliphatic rings. The number of methoxy groups -OCH3 is 2. The summed E-state index contributed by atoms with van der Waals surface area (Å²) in [5.41, 5.74) is -1.65. The fraction of sp³-hybridized carbons (Fsp3) is 0.714. The SMILES string of the molecule is COC(=O)c1cc(O)c(O)c(O)c1.COC(=O)c1cc(OCCCC(F)(F)C(F)(F)C(F)(F)C(F)(F)C(F)(F)C(F)(F)C(F)(F)C(F)(F)F)c(OCCCC(F)(F)C(F)(F)C(F)(F)C(F)(F)C(F)(F)C(F)(F)C(F)(F)C(F)(F)F)c(OCCCC(F)(F)C(F)(F)C(F)(F)C(F)(F)C(F)(F)C(F)(F)C(F)(F)C(F)(F)F)c1. The van der Waals surface area contributed by atoms with Crippen LogP contribution in [0, 0.1) is 0 Å². The summed E-state index contributed by atoms with van der Waals surface area (Å²) < 4.78 is 723. The molecule has 0 saturated carbocycles. The summed E-state index contributed by atoms with van der Waals surface area (Å²) >= 11 is 0. The largest absolute Gasteiger partial charge is 0.504 e. The minimum absolute atomic E-state index is 0.0321. The number of rotatable bonds is 35.